The van der Waals surface area contributed by atoms with E-state index in [1.54, 1.807) is 35.7 Å². The second-order valence-electron chi connectivity index (χ2n) is 6.01. The number of ether oxygens (including phenoxy) is 3. The van der Waals surface area contributed by atoms with Crippen LogP contribution in [0.3, 0.4) is 0 Å². The van der Waals surface area contributed by atoms with Gasteiger partial charge in [-0.1, -0.05) is 6.07 Å². The van der Waals surface area contributed by atoms with Crippen molar-refractivity contribution in [1.29, 1.82) is 0 Å². The predicted molar refractivity (Wildman–Crippen MR) is 93.2 cm³/mol. The lowest BCUT2D eigenvalue weighted by Gasteiger charge is -2.27. The molecular weight excluding hydrogens is 340 g/mol. The Morgan fingerprint density at radius 3 is 2.88 bits per heavy atom. The maximum absolute atomic E-state index is 12.5. The van der Waals surface area contributed by atoms with Crippen LogP contribution in [0.2, 0.25) is 0 Å². The first-order valence-electron chi connectivity index (χ1n) is 8.65. The van der Waals surface area contributed by atoms with Gasteiger partial charge in [0.15, 0.2) is 0 Å². The van der Waals surface area contributed by atoms with Gasteiger partial charge in [-0.05, 0) is 25.5 Å². The van der Waals surface area contributed by atoms with Gasteiger partial charge in [-0.25, -0.2) is 5.48 Å². The van der Waals surface area contributed by atoms with Crippen molar-refractivity contribution in [1.82, 2.24) is 10.4 Å². The van der Waals surface area contributed by atoms with Crippen LogP contribution in [-0.2, 0) is 14.3 Å². The van der Waals surface area contributed by atoms with E-state index in [2.05, 4.69) is 0 Å². The zero-order chi connectivity index (χ0) is 18.9. The quantitative estimate of drug-likeness (QED) is 0.411. The van der Waals surface area contributed by atoms with Gasteiger partial charge in [-0.2, -0.15) is 0 Å². The molecule has 144 valence electrons. The second-order valence-corrected chi connectivity index (χ2v) is 6.01. The molecule has 0 spiro atoms. The second kappa shape index (κ2) is 10.1. The summed E-state index contributed by atoms with van der Waals surface area (Å²) < 4.78 is 16.1. The van der Waals surface area contributed by atoms with Gasteiger partial charge in [0, 0.05) is 31.5 Å². The number of carbonyl (C=O) groups is 2. The molecule has 0 radical (unpaired) electrons. The van der Waals surface area contributed by atoms with Crippen LogP contribution in [-0.4, -0.2) is 62.0 Å². The Balaban J connectivity index is 1.97. The predicted octanol–water partition coefficient (Wildman–Crippen LogP) is 1.53. The largest absolute Gasteiger partial charge is 0.491 e. The highest BCUT2D eigenvalue weighted by Gasteiger charge is 2.27. The number of nitrogens with zero attached hydrogens (tertiary/aromatic N) is 1. The van der Waals surface area contributed by atoms with Gasteiger partial charge < -0.3 is 19.1 Å². The van der Waals surface area contributed by atoms with Gasteiger partial charge in [-0.15, -0.1) is 0 Å². The van der Waals surface area contributed by atoms with Gasteiger partial charge in [0.1, 0.15) is 12.4 Å². The Morgan fingerprint density at radius 1 is 1.35 bits per heavy atom. The first-order chi connectivity index (χ1) is 12.6. The van der Waals surface area contributed by atoms with E-state index in [4.69, 9.17) is 19.4 Å². The summed E-state index contributed by atoms with van der Waals surface area (Å²) in [7, 11) is 1.64. The molecule has 8 nitrogen and oxygen atoms in total. The molecule has 0 aromatic heterocycles. The average molecular weight is 366 g/mol. The van der Waals surface area contributed by atoms with Gasteiger partial charge in [0.2, 0.25) is 5.91 Å². The van der Waals surface area contributed by atoms with Gasteiger partial charge in [-0.3, -0.25) is 14.8 Å². The molecule has 1 heterocycles. The van der Waals surface area contributed by atoms with Crippen molar-refractivity contribution >= 4 is 11.8 Å². The third-order valence-corrected chi connectivity index (χ3v) is 4.30. The van der Waals surface area contributed by atoms with Crippen LogP contribution in [0.1, 0.15) is 41.7 Å². The van der Waals surface area contributed by atoms with Gasteiger partial charge in [0.25, 0.3) is 5.91 Å². The molecule has 2 amide bonds. The Morgan fingerprint density at radius 2 is 2.15 bits per heavy atom. The third kappa shape index (κ3) is 5.17. The number of rotatable bonds is 8. The van der Waals surface area contributed by atoms with Crippen LogP contribution in [0.25, 0.3) is 0 Å². The minimum absolute atomic E-state index is 0.00197. The number of fused-ring (bicyclic) bond motifs is 1. The van der Waals surface area contributed by atoms with E-state index in [-0.39, 0.29) is 11.9 Å². The Kier molecular flexibility index (Phi) is 7.83. The van der Waals surface area contributed by atoms with Crippen LogP contribution in [0.4, 0.5) is 0 Å². The number of methoxy groups -OCH3 is 1. The molecule has 0 bridgehead atoms. The Hall–Kier alpha value is -2.16. The minimum Gasteiger partial charge on any atom is -0.491 e. The van der Waals surface area contributed by atoms with E-state index in [1.165, 1.54) is 0 Å². The molecule has 2 N–H and O–H groups in total. The molecule has 0 saturated heterocycles. The molecule has 1 aromatic carbocycles. The lowest BCUT2D eigenvalue weighted by atomic mass is 10.0. The summed E-state index contributed by atoms with van der Waals surface area (Å²) in [4.78, 5) is 25.9. The monoisotopic (exact) mass is 366 g/mol. The maximum Gasteiger partial charge on any atom is 0.274 e. The number of hydrogen-bond acceptors (Lipinski definition) is 6. The van der Waals surface area contributed by atoms with E-state index < -0.39 is 5.91 Å². The van der Waals surface area contributed by atoms with Gasteiger partial charge in [0.05, 0.1) is 25.6 Å². The lowest BCUT2D eigenvalue weighted by Crippen LogP contribution is -2.35. The number of amides is 2. The molecule has 2 rings (SSSR count). The fraction of sp³-hybridized carbons (Fsp3) is 0.556. The normalized spacial score (nSPS) is 16.4. The number of nitrogens with one attached hydrogen (secondary N) is 1. The van der Waals surface area contributed by atoms with Crippen LogP contribution in [0.5, 0.6) is 5.75 Å². The van der Waals surface area contributed by atoms with E-state index in [0.29, 0.717) is 50.7 Å². The zero-order valence-corrected chi connectivity index (χ0v) is 15.2. The lowest BCUT2D eigenvalue weighted by molar-refractivity contribution is -0.134. The van der Waals surface area contributed by atoms with Crippen molar-refractivity contribution in [3.63, 3.8) is 0 Å². The van der Waals surface area contributed by atoms with Crippen molar-refractivity contribution < 1.29 is 29.0 Å². The molecule has 26 heavy (non-hydrogen) atoms. The Bertz CT molecular complexity index is 622. The van der Waals surface area contributed by atoms with Crippen molar-refractivity contribution in [2.24, 2.45) is 0 Å². The molecule has 0 saturated carbocycles. The minimum atomic E-state index is -0.605. The molecule has 0 fully saturated rings. The van der Waals surface area contributed by atoms with Crippen molar-refractivity contribution in [2.45, 2.75) is 25.8 Å². The molecular formula is C18H26N2O6. The number of hydrogen-bond donors (Lipinski definition) is 2. The zero-order valence-electron chi connectivity index (χ0n) is 15.2. The standard InChI is InChI=1S/C18H26N2O6/c1-13-15-5-4-14(18(22)19-23)12-16(15)26-11-7-20(13)17(21)6-10-25-9-3-8-24-2/h4-5,12-13,23H,3,6-11H2,1-2H3,(H,19,22). The summed E-state index contributed by atoms with van der Waals surface area (Å²) >= 11 is 0. The molecule has 0 aliphatic carbocycles. The fourth-order valence-corrected chi connectivity index (χ4v) is 2.88. The van der Waals surface area contributed by atoms with Crippen molar-refractivity contribution in [3.05, 3.63) is 29.3 Å². The highest BCUT2D eigenvalue weighted by atomic mass is 16.5. The summed E-state index contributed by atoms with van der Waals surface area (Å²) in [6.07, 6.45) is 1.10. The highest BCUT2D eigenvalue weighted by Crippen LogP contribution is 2.33. The number of carbonyl (C=O) groups excluding carboxylic acids is 2. The molecule has 1 aliphatic heterocycles. The smallest absolute Gasteiger partial charge is 0.274 e. The molecule has 1 unspecified atom stereocenters. The highest BCUT2D eigenvalue weighted by molar-refractivity contribution is 5.93. The van der Waals surface area contributed by atoms with Crippen LogP contribution < -0.4 is 10.2 Å². The van der Waals surface area contributed by atoms with Crippen LogP contribution in [0, 0.1) is 0 Å². The Labute approximate surface area is 153 Å². The van der Waals surface area contributed by atoms with Crippen molar-refractivity contribution in [3.8, 4) is 5.75 Å². The number of hydroxylamine groups is 1. The SMILES string of the molecule is COCCCOCCC(=O)N1CCOc2cc(C(=O)NO)ccc2C1C. The van der Waals surface area contributed by atoms with Crippen molar-refractivity contribution in [2.75, 3.05) is 40.1 Å². The fourth-order valence-electron chi connectivity index (χ4n) is 2.88. The third-order valence-electron chi connectivity index (χ3n) is 4.30. The van der Waals surface area contributed by atoms with E-state index >= 15 is 0 Å². The molecule has 1 aliphatic rings. The molecule has 8 heteroatoms. The molecule has 1 atom stereocenters. The van der Waals surface area contributed by atoms with Crippen LogP contribution in [0.15, 0.2) is 18.2 Å². The van der Waals surface area contributed by atoms with Crippen LogP contribution >= 0.6 is 0 Å². The topological polar surface area (TPSA) is 97.3 Å². The van der Waals surface area contributed by atoms with E-state index in [9.17, 15) is 9.59 Å². The summed E-state index contributed by atoms with van der Waals surface area (Å²) in [6, 6.07) is 4.73. The summed E-state index contributed by atoms with van der Waals surface area (Å²) in [5, 5.41) is 8.75. The summed E-state index contributed by atoms with van der Waals surface area (Å²) in [5.41, 5.74) is 2.72. The first-order valence-corrected chi connectivity index (χ1v) is 8.65. The van der Waals surface area contributed by atoms with E-state index in [0.717, 1.165) is 12.0 Å². The summed E-state index contributed by atoms with van der Waals surface area (Å²) in [5.74, 6) is -0.0607. The summed E-state index contributed by atoms with van der Waals surface area (Å²) in [6.45, 7) is 4.30. The van der Waals surface area contributed by atoms with E-state index in [1.807, 2.05) is 6.92 Å². The molecule has 1 aromatic rings. The maximum atomic E-state index is 12.5. The first kappa shape index (κ1) is 20.2. The number of benzene rings is 1. The van der Waals surface area contributed by atoms with Gasteiger partial charge >= 0.3 is 0 Å². The average Bonchev–Trinajstić information content (AvgIpc) is 2.82.